The highest BCUT2D eigenvalue weighted by atomic mass is 16.4. The third kappa shape index (κ3) is 3.59. The van der Waals surface area contributed by atoms with Crippen LogP contribution >= 0.6 is 0 Å². The highest BCUT2D eigenvalue weighted by Crippen LogP contribution is 2.17. The maximum absolute atomic E-state index is 11.0. The molecule has 0 bridgehead atoms. The van der Waals surface area contributed by atoms with Crippen molar-refractivity contribution in [2.75, 3.05) is 5.32 Å². The molecule has 0 atom stereocenters. The van der Waals surface area contributed by atoms with Crippen LogP contribution < -0.4 is 11.1 Å². The van der Waals surface area contributed by atoms with E-state index >= 15 is 0 Å². The molecular weight excluding hydrogens is 244 g/mol. The van der Waals surface area contributed by atoms with Gasteiger partial charge >= 0.3 is 0 Å². The van der Waals surface area contributed by atoms with E-state index in [1.54, 1.807) is 12.1 Å². The zero-order valence-electron chi connectivity index (χ0n) is 10.4. The molecule has 100 valence electrons. The number of nitrogens with one attached hydrogen (secondary N) is 1. The van der Waals surface area contributed by atoms with Crippen LogP contribution in [0, 0.1) is 0 Å². The predicted octanol–water partition coefficient (Wildman–Crippen LogP) is 1.41. The lowest BCUT2D eigenvalue weighted by atomic mass is 10.1. The van der Waals surface area contributed by atoms with Crippen molar-refractivity contribution in [1.29, 1.82) is 0 Å². The Labute approximate surface area is 111 Å². The first-order valence-electron chi connectivity index (χ1n) is 5.97. The van der Waals surface area contributed by atoms with Crippen molar-refractivity contribution in [1.82, 2.24) is 0 Å². The van der Waals surface area contributed by atoms with Crippen molar-refractivity contribution in [3.05, 3.63) is 53.5 Å². The maximum Gasteiger partial charge on any atom is 0.221 e. The first-order chi connectivity index (χ1) is 9.19. The number of nitrogens with two attached hydrogens (primary N) is 1. The first-order valence-corrected chi connectivity index (χ1v) is 5.97. The van der Waals surface area contributed by atoms with Crippen LogP contribution in [0.2, 0.25) is 0 Å². The van der Waals surface area contributed by atoms with Crippen molar-refractivity contribution in [3.8, 4) is 0 Å². The molecule has 0 aliphatic heterocycles. The standard InChI is InChI=1S/C14H16N2O3/c15-14(18)7-10-3-1-2-4-13(10)16-8-11-5-6-12(9-17)19-11/h1-6,16-17H,7-9H2,(H2,15,18). The largest absolute Gasteiger partial charge is 0.462 e. The Hall–Kier alpha value is -2.27. The van der Waals surface area contributed by atoms with Crippen molar-refractivity contribution in [3.63, 3.8) is 0 Å². The lowest BCUT2D eigenvalue weighted by Crippen LogP contribution is -2.15. The predicted molar refractivity (Wildman–Crippen MR) is 71.3 cm³/mol. The van der Waals surface area contributed by atoms with Gasteiger partial charge in [0.25, 0.3) is 0 Å². The Kier molecular flexibility index (Phi) is 4.20. The van der Waals surface area contributed by atoms with Gasteiger partial charge in [0.05, 0.1) is 13.0 Å². The van der Waals surface area contributed by atoms with Crippen LogP contribution in [0.3, 0.4) is 0 Å². The quantitative estimate of drug-likeness (QED) is 0.732. The summed E-state index contributed by atoms with van der Waals surface area (Å²) in [6, 6.07) is 11.0. The Morgan fingerprint density at radius 1 is 1.21 bits per heavy atom. The van der Waals surface area contributed by atoms with Gasteiger partial charge in [0.2, 0.25) is 5.91 Å². The van der Waals surface area contributed by atoms with Gasteiger partial charge in [-0.3, -0.25) is 4.79 Å². The molecule has 2 aromatic rings. The third-order valence-electron chi connectivity index (χ3n) is 2.71. The molecule has 1 heterocycles. The van der Waals surface area contributed by atoms with E-state index in [9.17, 15) is 4.79 Å². The summed E-state index contributed by atoms with van der Waals surface area (Å²) in [5, 5.41) is 12.1. The number of aliphatic hydroxyl groups excluding tert-OH is 1. The second-order valence-electron chi connectivity index (χ2n) is 4.18. The summed E-state index contributed by atoms with van der Waals surface area (Å²) in [5.74, 6) is 0.884. The molecule has 4 N–H and O–H groups in total. The van der Waals surface area contributed by atoms with Crippen LogP contribution in [-0.2, 0) is 24.4 Å². The second-order valence-corrected chi connectivity index (χ2v) is 4.18. The maximum atomic E-state index is 11.0. The van der Waals surface area contributed by atoms with Crippen molar-refractivity contribution in [2.45, 2.75) is 19.6 Å². The van der Waals surface area contributed by atoms with E-state index in [0.29, 0.717) is 12.3 Å². The van der Waals surface area contributed by atoms with Crippen LogP contribution in [0.1, 0.15) is 17.1 Å². The summed E-state index contributed by atoms with van der Waals surface area (Å²) in [7, 11) is 0. The number of rotatable bonds is 6. The molecule has 5 heteroatoms. The topological polar surface area (TPSA) is 88.5 Å². The van der Waals surface area contributed by atoms with Gasteiger partial charge in [-0.05, 0) is 23.8 Å². The summed E-state index contributed by atoms with van der Waals surface area (Å²) in [6.07, 6.45) is 0.198. The average Bonchev–Trinajstić information content (AvgIpc) is 2.85. The fourth-order valence-corrected chi connectivity index (χ4v) is 1.82. The zero-order valence-corrected chi connectivity index (χ0v) is 10.4. The molecule has 0 fully saturated rings. The Morgan fingerprint density at radius 2 is 1.95 bits per heavy atom. The molecule has 1 aromatic carbocycles. The summed E-state index contributed by atoms with van der Waals surface area (Å²) >= 11 is 0. The number of benzene rings is 1. The lowest BCUT2D eigenvalue weighted by Gasteiger charge is -2.09. The number of furan rings is 1. The Morgan fingerprint density at radius 3 is 2.63 bits per heavy atom. The van der Waals surface area contributed by atoms with Crippen molar-refractivity contribution >= 4 is 11.6 Å². The van der Waals surface area contributed by atoms with Crippen LogP contribution in [0.25, 0.3) is 0 Å². The number of para-hydroxylation sites is 1. The molecular formula is C14H16N2O3. The van der Waals surface area contributed by atoms with E-state index in [1.807, 2.05) is 24.3 Å². The number of hydrogen-bond acceptors (Lipinski definition) is 4. The second kappa shape index (κ2) is 6.06. The number of anilines is 1. The van der Waals surface area contributed by atoms with E-state index in [1.165, 1.54) is 0 Å². The Bertz CT molecular complexity index is 563. The SMILES string of the molecule is NC(=O)Cc1ccccc1NCc1ccc(CO)o1. The molecule has 0 unspecified atom stereocenters. The monoisotopic (exact) mass is 260 g/mol. The Balaban J connectivity index is 2.04. The highest BCUT2D eigenvalue weighted by molar-refractivity contribution is 5.78. The first kappa shape index (κ1) is 13.2. The van der Waals surface area contributed by atoms with Crippen LogP contribution in [0.5, 0.6) is 0 Å². The van der Waals surface area contributed by atoms with Gasteiger partial charge < -0.3 is 20.6 Å². The normalized spacial score (nSPS) is 10.4. The fourth-order valence-electron chi connectivity index (χ4n) is 1.82. The van der Waals surface area contributed by atoms with Gasteiger partial charge in [0, 0.05) is 5.69 Å². The van der Waals surface area contributed by atoms with E-state index < -0.39 is 0 Å². The van der Waals surface area contributed by atoms with Crippen LogP contribution in [-0.4, -0.2) is 11.0 Å². The van der Waals surface area contributed by atoms with E-state index in [2.05, 4.69) is 5.32 Å². The van der Waals surface area contributed by atoms with Gasteiger partial charge in [0.15, 0.2) is 0 Å². The number of carbonyl (C=O) groups is 1. The average molecular weight is 260 g/mol. The minimum atomic E-state index is -0.366. The number of amides is 1. The molecule has 0 radical (unpaired) electrons. The van der Waals surface area contributed by atoms with Crippen molar-refractivity contribution in [2.24, 2.45) is 5.73 Å². The summed E-state index contributed by atoms with van der Waals surface area (Å²) < 4.78 is 5.37. The molecule has 5 nitrogen and oxygen atoms in total. The molecule has 1 amide bonds. The molecule has 19 heavy (non-hydrogen) atoms. The van der Waals surface area contributed by atoms with E-state index in [0.717, 1.165) is 17.0 Å². The summed E-state index contributed by atoms with van der Waals surface area (Å²) in [4.78, 5) is 11.0. The summed E-state index contributed by atoms with van der Waals surface area (Å²) in [5.41, 5.74) is 6.91. The molecule has 2 rings (SSSR count). The number of carbonyl (C=O) groups excluding carboxylic acids is 1. The molecule has 0 saturated carbocycles. The zero-order chi connectivity index (χ0) is 13.7. The third-order valence-corrected chi connectivity index (χ3v) is 2.71. The van der Waals surface area contributed by atoms with Gasteiger partial charge in [0.1, 0.15) is 18.1 Å². The van der Waals surface area contributed by atoms with Gasteiger partial charge in [-0.25, -0.2) is 0 Å². The summed E-state index contributed by atoms with van der Waals surface area (Å²) in [6.45, 7) is 0.369. The lowest BCUT2D eigenvalue weighted by molar-refractivity contribution is -0.117. The molecule has 0 spiro atoms. The van der Waals surface area contributed by atoms with Crippen LogP contribution in [0.15, 0.2) is 40.8 Å². The van der Waals surface area contributed by atoms with Gasteiger partial charge in [-0.1, -0.05) is 18.2 Å². The molecule has 0 aliphatic rings. The van der Waals surface area contributed by atoms with Gasteiger partial charge in [-0.2, -0.15) is 0 Å². The number of hydrogen-bond donors (Lipinski definition) is 3. The molecule has 0 aliphatic carbocycles. The molecule has 0 saturated heterocycles. The van der Waals surface area contributed by atoms with Crippen molar-refractivity contribution < 1.29 is 14.3 Å². The number of aliphatic hydroxyl groups is 1. The fraction of sp³-hybridized carbons (Fsp3) is 0.214. The molecule has 1 aromatic heterocycles. The van der Waals surface area contributed by atoms with Gasteiger partial charge in [-0.15, -0.1) is 0 Å². The van der Waals surface area contributed by atoms with E-state index in [-0.39, 0.29) is 18.9 Å². The minimum Gasteiger partial charge on any atom is -0.462 e. The van der Waals surface area contributed by atoms with E-state index in [4.69, 9.17) is 15.3 Å². The minimum absolute atomic E-state index is 0.113. The smallest absolute Gasteiger partial charge is 0.221 e. The number of primary amides is 1. The highest BCUT2D eigenvalue weighted by Gasteiger charge is 2.06. The van der Waals surface area contributed by atoms with Crippen LogP contribution in [0.4, 0.5) is 5.69 Å².